The van der Waals surface area contributed by atoms with Gasteiger partial charge >= 0.3 is 5.97 Å². The largest absolute Gasteiger partial charge is 0.478 e. The molecule has 0 radical (unpaired) electrons. The van der Waals surface area contributed by atoms with E-state index in [2.05, 4.69) is 9.62 Å². The number of nitrogens with one attached hydrogen (secondary N) is 1. The molecule has 2 aromatic carbocycles. The number of aromatic carboxylic acids is 1. The Morgan fingerprint density at radius 2 is 1.88 bits per heavy atom. The number of benzene rings is 2. The molecule has 0 atom stereocenters. The maximum Gasteiger partial charge on any atom is 0.335 e. The fourth-order valence-corrected chi connectivity index (χ4v) is 3.88. The summed E-state index contributed by atoms with van der Waals surface area (Å²) in [5.74, 6) is -1.16. The van der Waals surface area contributed by atoms with Crippen molar-refractivity contribution in [2.45, 2.75) is 11.8 Å². The van der Waals surface area contributed by atoms with E-state index >= 15 is 0 Å². The molecule has 26 heavy (non-hydrogen) atoms. The number of carboxylic acids is 1. The van der Waals surface area contributed by atoms with Crippen molar-refractivity contribution in [3.63, 3.8) is 0 Å². The molecule has 0 spiro atoms. The average Bonchev–Trinajstić information content (AvgIpc) is 2.62. The summed E-state index contributed by atoms with van der Waals surface area (Å²) in [7, 11) is -3.89. The van der Waals surface area contributed by atoms with Gasteiger partial charge in [-0.15, -0.1) is 0 Å². The first kappa shape index (κ1) is 18.2. The second kappa shape index (κ2) is 7.35. The van der Waals surface area contributed by atoms with E-state index in [0.717, 1.165) is 18.8 Å². The lowest BCUT2D eigenvalue weighted by Gasteiger charge is -2.29. The summed E-state index contributed by atoms with van der Waals surface area (Å²) in [6.07, 6.45) is 0. The summed E-state index contributed by atoms with van der Waals surface area (Å²) in [6, 6.07) is 11.2. The van der Waals surface area contributed by atoms with Gasteiger partial charge in [-0.25, -0.2) is 13.2 Å². The van der Waals surface area contributed by atoms with E-state index < -0.39 is 16.0 Å². The van der Waals surface area contributed by atoms with Crippen LogP contribution in [0, 0.1) is 6.92 Å². The van der Waals surface area contributed by atoms with Gasteiger partial charge in [0.1, 0.15) is 0 Å². The number of carbonyl (C=O) groups is 1. The number of carboxylic acid groups (broad SMARTS) is 1. The Hall–Kier alpha value is -2.58. The molecule has 2 N–H and O–H groups in total. The molecule has 1 heterocycles. The standard InChI is InChI=1S/C18H20N2O5S/c1-13-5-6-16(12-17(13)18(21)22)26(23,24)19-14-3-2-4-15(11-14)20-7-9-25-10-8-20/h2-6,11-12,19H,7-10H2,1H3,(H,21,22). The van der Waals surface area contributed by atoms with Crippen molar-refractivity contribution in [2.24, 2.45) is 0 Å². The van der Waals surface area contributed by atoms with E-state index in [9.17, 15) is 18.3 Å². The molecule has 1 aliphatic heterocycles. The van der Waals surface area contributed by atoms with Crippen molar-refractivity contribution in [2.75, 3.05) is 35.9 Å². The highest BCUT2D eigenvalue weighted by Gasteiger charge is 2.19. The molecule has 1 saturated heterocycles. The highest BCUT2D eigenvalue weighted by Crippen LogP contribution is 2.24. The minimum absolute atomic E-state index is 0.0325. The summed E-state index contributed by atoms with van der Waals surface area (Å²) in [4.78, 5) is 13.3. The monoisotopic (exact) mass is 376 g/mol. The van der Waals surface area contributed by atoms with Gasteiger partial charge in [0.2, 0.25) is 0 Å². The van der Waals surface area contributed by atoms with Crippen LogP contribution in [0.25, 0.3) is 0 Å². The number of sulfonamides is 1. The normalized spacial score (nSPS) is 14.9. The fourth-order valence-electron chi connectivity index (χ4n) is 2.80. The van der Waals surface area contributed by atoms with Gasteiger partial charge in [0.05, 0.1) is 29.4 Å². The van der Waals surface area contributed by atoms with E-state index in [0.29, 0.717) is 24.5 Å². The van der Waals surface area contributed by atoms with Crippen LogP contribution >= 0.6 is 0 Å². The maximum absolute atomic E-state index is 12.6. The van der Waals surface area contributed by atoms with Gasteiger partial charge < -0.3 is 14.7 Å². The number of morpholine rings is 1. The lowest BCUT2D eigenvalue weighted by molar-refractivity contribution is 0.0696. The predicted octanol–water partition coefficient (Wildman–Crippen LogP) is 2.33. The minimum Gasteiger partial charge on any atom is -0.478 e. The third-order valence-electron chi connectivity index (χ3n) is 4.22. The van der Waals surface area contributed by atoms with Crippen LogP contribution in [0.5, 0.6) is 0 Å². The molecule has 0 amide bonds. The second-order valence-electron chi connectivity index (χ2n) is 6.04. The van der Waals surface area contributed by atoms with Gasteiger partial charge in [0.25, 0.3) is 10.0 Å². The van der Waals surface area contributed by atoms with Crippen LogP contribution in [0.3, 0.4) is 0 Å². The zero-order valence-corrected chi connectivity index (χ0v) is 15.1. The summed E-state index contributed by atoms with van der Waals surface area (Å²) >= 11 is 0. The third-order valence-corrected chi connectivity index (χ3v) is 5.60. The van der Waals surface area contributed by atoms with Gasteiger partial charge in [-0.2, -0.15) is 0 Å². The maximum atomic E-state index is 12.6. The lowest BCUT2D eigenvalue weighted by atomic mass is 10.1. The Kier molecular flexibility index (Phi) is 5.15. The third kappa shape index (κ3) is 3.97. The molecule has 7 nitrogen and oxygen atoms in total. The number of nitrogens with zero attached hydrogens (tertiary/aromatic N) is 1. The number of hydrogen-bond acceptors (Lipinski definition) is 5. The lowest BCUT2D eigenvalue weighted by Crippen LogP contribution is -2.36. The minimum atomic E-state index is -3.89. The van der Waals surface area contributed by atoms with Crippen LogP contribution in [0.2, 0.25) is 0 Å². The number of aryl methyl sites for hydroxylation is 1. The zero-order chi connectivity index (χ0) is 18.7. The van der Waals surface area contributed by atoms with Crippen molar-refractivity contribution >= 4 is 27.4 Å². The van der Waals surface area contributed by atoms with Gasteiger partial charge in [-0.1, -0.05) is 12.1 Å². The van der Waals surface area contributed by atoms with E-state index in [-0.39, 0.29) is 10.5 Å². The average molecular weight is 376 g/mol. The molecular weight excluding hydrogens is 356 g/mol. The van der Waals surface area contributed by atoms with Crippen LogP contribution in [-0.4, -0.2) is 45.8 Å². The number of ether oxygens (including phenoxy) is 1. The molecular formula is C18H20N2O5S. The Bertz CT molecular complexity index is 921. The van der Waals surface area contributed by atoms with Gasteiger partial charge in [0, 0.05) is 18.8 Å². The molecule has 0 unspecified atom stereocenters. The Morgan fingerprint density at radius 1 is 1.15 bits per heavy atom. The van der Waals surface area contributed by atoms with Crippen LogP contribution in [0.1, 0.15) is 15.9 Å². The number of hydrogen-bond donors (Lipinski definition) is 2. The smallest absolute Gasteiger partial charge is 0.335 e. The van der Waals surface area contributed by atoms with Crippen molar-refractivity contribution in [3.05, 3.63) is 53.6 Å². The topological polar surface area (TPSA) is 95.9 Å². The molecule has 1 fully saturated rings. The second-order valence-corrected chi connectivity index (χ2v) is 7.72. The predicted molar refractivity (Wildman–Crippen MR) is 98.4 cm³/mol. The molecule has 0 bridgehead atoms. The van der Waals surface area contributed by atoms with E-state index in [1.807, 2.05) is 6.07 Å². The fraction of sp³-hybridized carbons (Fsp3) is 0.278. The first-order valence-corrected chi connectivity index (χ1v) is 9.65. The van der Waals surface area contributed by atoms with Crippen LogP contribution in [0.15, 0.2) is 47.4 Å². The molecule has 138 valence electrons. The van der Waals surface area contributed by atoms with Crippen molar-refractivity contribution < 1.29 is 23.1 Å². The summed E-state index contributed by atoms with van der Waals surface area (Å²) in [5.41, 5.74) is 1.80. The SMILES string of the molecule is Cc1ccc(S(=O)(=O)Nc2cccc(N3CCOCC3)c2)cc1C(=O)O. The molecule has 0 aliphatic carbocycles. The Morgan fingerprint density at radius 3 is 2.58 bits per heavy atom. The first-order valence-electron chi connectivity index (χ1n) is 8.16. The van der Waals surface area contributed by atoms with E-state index in [1.54, 1.807) is 25.1 Å². The van der Waals surface area contributed by atoms with E-state index in [4.69, 9.17) is 4.74 Å². The van der Waals surface area contributed by atoms with Crippen LogP contribution in [-0.2, 0) is 14.8 Å². The summed E-state index contributed by atoms with van der Waals surface area (Å²) in [6.45, 7) is 4.39. The number of rotatable bonds is 5. The van der Waals surface area contributed by atoms with Crippen molar-refractivity contribution in [1.29, 1.82) is 0 Å². The molecule has 0 saturated carbocycles. The first-order chi connectivity index (χ1) is 12.4. The summed E-state index contributed by atoms with van der Waals surface area (Å²) < 4.78 is 33.1. The van der Waals surface area contributed by atoms with Crippen molar-refractivity contribution in [3.8, 4) is 0 Å². The summed E-state index contributed by atoms with van der Waals surface area (Å²) in [5, 5.41) is 9.20. The van der Waals surface area contributed by atoms with Gasteiger partial charge in [-0.05, 0) is 42.8 Å². The molecule has 3 rings (SSSR count). The van der Waals surface area contributed by atoms with E-state index in [1.165, 1.54) is 18.2 Å². The van der Waals surface area contributed by atoms with Crippen molar-refractivity contribution in [1.82, 2.24) is 0 Å². The number of anilines is 2. The van der Waals surface area contributed by atoms with Gasteiger partial charge in [-0.3, -0.25) is 4.72 Å². The Balaban J connectivity index is 1.86. The zero-order valence-electron chi connectivity index (χ0n) is 14.3. The van der Waals surface area contributed by atoms with Crippen LogP contribution < -0.4 is 9.62 Å². The highest BCUT2D eigenvalue weighted by atomic mass is 32.2. The highest BCUT2D eigenvalue weighted by molar-refractivity contribution is 7.92. The van der Waals surface area contributed by atoms with Crippen LogP contribution in [0.4, 0.5) is 11.4 Å². The molecule has 0 aromatic heterocycles. The Labute approximate surface area is 152 Å². The molecule has 1 aliphatic rings. The van der Waals surface area contributed by atoms with Gasteiger partial charge in [0.15, 0.2) is 0 Å². The molecule has 2 aromatic rings. The molecule has 8 heteroatoms. The quantitative estimate of drug-likeness (QED) is 0.831.